The third-order valence-corrected chi connectivity index (χ3v) is 3.31. The Bertz CT molecular complexity index is 790. The molecule has 0 aliphatic carbocycles. The summed E-state index contributed by atoms with van der Waals surface area (Å²) >= 11 is 0. The summed E-state index contributed by atoms with van der Waals surface area (Å²) in [5.74, 6) is 0.804. The van der Waals surface area contributed by atoms with E-state index in [0.29, 0.717) is 12.3 Å². The molecule has 0 fully saturated rings. The van der Waals surface area contributed by atoms with Crippen molar-refractivity contribution in [1.29, 1.82) is 5.26 Å². The Morgan fingerprint density at radius 2 is 1.68 bits per heavy atom. The van der Waals surface area contributed by atoms with Crippen LogP contribution in [0.25, 0.3) is 11.1 Å². The van der Waals surface area contributed by atoms with Gasteiger partial charge >= 0.3 is 0 Å². The van der Waals surface area contributed by atoms with Gasteiger partial charge in [0.2, 0.25) is 0 Å². The first kappa shape index (κ1) is 13.8. The first-order chi connectivity index (χ1) is 10.9. The maximum Gasteiger partial charge on any atom is 0.140 e. The molecule has 0 atom stereocenters. The van der Waals surface area contributed by atoms with Gasteiger partial charge in [0.15, 0.2) is 0 Å². The second-order valence-electron chi connectivity index (χ2n) is 4.81. The molecule has 3 aromatic rings. The molecule has 0 bridgehead atoms. The molecule has 22 heavy (non-hydrogen) atoms. The first-order valence-electron chi connectivity index (χ1n) is 6.99. The Morgan fingerprint density at radius 1 is 0.909 bits per heavy atom. The smallest absolute Gasteiger partial charge is 0.140 e. The number of nitriles is 1. The quantitative estimate of drug-likeness (QED) is 0.722. The van der Waals surface area contributed by atoms with E-state index in [9.17, 15) is 0 Å². The zero-order valence-corrected chi connectivity index (χ0v) is 11.9. The van der Waals surface area contributed by atoms with Crippen molar-refractivity contribution in [2.24, 2.45) is 0 Å². The molecular formula is C19H14N2O. The van der Waals surface area contributed by atoms with E-state index in [1.165, 1.54) is 0 Å². The van der Waals surface area contributed by atoms with Gasteiger partial charge in [-0.2, -0.15) is 5.26 Å². The topological polar surface area (TPSA) is 45.9 Å². The van der Waals surface area contributed by atoms with Gasteiger partial charge in [-0.15, -0.1) is 0 Å². The molecule has 1 aromatic heterocycles. The van der Waals surface area contributed by atoms with Crippen molar-refractivity contribution >= 4 is 0 Å². The summed E-state index contributed by atoms with van der Waals surface area (Å²) in [6, 6.07) is 23.5. The van der Waals surface area contributed by atoms with Crippen LogP contribution in [0.1, 0.15) is 11.3 Å². The zero-order valence-electron chi connectivity index (χ0n) is 11.9. The van der Waals surface area contributed by atoms with Gasteiger partial charge in [-0.3, -0.25) is 0 Å². The van der Waals surface area contributed by atoms with Crippen LogP contribution in [0.3, 0.4) is 0 Å². The van der Waals surface area contributed by atoms with Crippen LogP contribution in [-0.4, -0.2) is 4.98 Å². The standard InChI is InChI=1S/C19H14N2O/c20-12-17-11-10-16(13-21-17)18-8-4-5-9-19(18)22-14-15-6-2-1-3-7-15/h1-11,13H,14H2. The van der Waals surface area contributed by atoms with Crippen LogP contribution in [-0.2, 0) is 6.61 Å². The number of hydrogen-bond donors (Lipinski definition) is 0. The number of aromatic nitrogens is 1. The Labute approximate surface area is 129 Å². The highest BCUT2D eigenvalue weighted by Crippen LogP contribution is 2.29. The SMILES string of the molecule is N#Cc1ccc(-c2ccccc2OCc2ccccc2)cn1. The van der Waals surface area contributed by atoms with Crippen molar-refractivity contribution in [3.8, 4) is 22.9 Å². The van der Waals surface area contributed by atoms with E-state index in [-0.39, 0.29) is 0 Å². The monoisotopic (exact) mass is 286 g/mol. The summed E-state index contributed by atoms with van der Waals surface area (Å²) in [6.45, 7) is 0.515. The van der Waals surface area contributed by atoms with Crippen LogP contribution < -0.4 is 4.74 Å². The molecule has 106 valence electrons. The molecule has 0 N–H and O–H groups in total. The van der Waals surface area contributed by atoms with E-state index in [1.807, 2.05) is 66.7 Å². The number of ether oxygens (including phenoxy) is 1. The lowest BCUT2D eigenvalue weighted by molar-refractivity contribution is 0.307. The number of para-hydroxylation sites is 1. The van der Waals surface area contributed by atoms with E-state index in [1.54, 1.807) is 12.3 Å². The maximum absolute atomic E-state index is 8.83. The Hall–Kier alpha value is -3.12. The van der Waals surface area contributed by atoms with Gasteiger partial charge in [0.05, 0.1) is 0 Å². The maximum atomic E-state index is 8.83. The lowest BCUT2D eigenvalue weighted by Gasteiger charge is -2.11. The van der Waals surface area contributed by atoms with Gasteiger partial charge in [-0.05, 0) is 23.8 Å². The minimum absolute atomic E-state index is 0.409. The van der Waals surface area contributed by atoms with Crippen LogP contribution >= 0.6 is 0 Å². The average molecular weight is 286 g/mol. The van der Waals surface area contributed by atoms with E-state index < -0.39 is 0 Å². The summed E-state index contributed by atoms with van der Waals surface area (Å²) in [4.78, 5) is 4.12. The van der Waals surface area contributed by atoms with Gasteiger partial charge < -0.3 is 4.74 Å². The average Bonchev–Trinajstić information content (AvgIpc) is 2.61. The van der Waals surface area contributed by atoms with Crippen LogP contribution in [0.2, 0.25) is 0 Å². The minimum Gasteiger partial charge on any atom is -0.488 e. The molecular weight excluding hydrogens is 272 g/mol. The summed E-state index contributed by atoms with van der Waals surface area (Å²) < 4.78 is 5.94. The molecule has 3 nitrogen and oxygen atoms in total. The zero-order chi connectivity index (χ0) is 15.2. The minimum atomic E-state index is 0.409. The molecule has 0 amide bonds. The summed E-state index contributed by atoms with van der Waals surface area (Å²) in [7, 11) is 0. The lowest BCUT2D eigenvalue weighted by atomic mass is 10.1. The molecule has 3 rings (SSSR count). The second-order valence-corrected chi connectivity index (χ2v) is 4.81. The van der Waals surface area contributed by atoms with Gasteiger partial charge in [-0.1, -0.05) is 48.5 Å². The van der Waals surface area contributed by atoms with Crippen molar-refractivity contribution in [3.63, 3.8) is 0 Å². The summed E-state index contributed by atoms with van der Waals surface area (Å²) in [5, 5.41) is 8.83. The van der Waals surface area contributed by atoms with E-state index in [4.69, 9.17) is 10.00 Å². The molecule has 0 aliphatic heterocycles. The highest BCUT2D eigenvalue weighted by atomic mass is 16.5. The predicted octanol–water partition coefficient (Wildman–Crippen LogP) is 4.20. The second kappa shape index (κ2) is 6.55. The third kappa shape index (κ3) is 3.13. The fraction of sp³-hybridized carbons (Fsp3) is 0.0526. The van der Waals surface area contributed by atoms with Crippen LogP contribution in [0.5, 0.6) is 5.75 Å². The normalized spacial score (nSPS) is 9.95. The molecule has 0 spiro atoms. The van der Waals surface area contributed by atoms with Crippen molar-refractivity contribution in [1.82, 2.24) is 4.98 Å². The van der Waals surface area contributed by atoms with Crippen molar-refractivity contribution < 1.29 is 4.74 Å². The summed E-state index contributed by atoms with van der Waals surface area (Å²) in [6.07, 6.45) is 1.70. The Morgan fingerprint density at radius 3 is 2.41 bits per heavy atom. The molecule has 1 heterocycles. The van der Waals surface area contributed by atoms with E-state index in [0.717, 1.165) is 22.4 Å². The molecule has 0 unspecified atom stereocenters. The first-order valence-corrected chi connectivity index (χ1v) is 6.99. The predicted molar refractivity (Wildman–Crippen MR) is 85.2 cm³/mol. The van der Waals surface area contributed by atoms with Crippen molar-refractivity contribution in [2.75, 3.05) is 0 Å². The molecule has 3 heteroatoms. The van der Waals surface area contributed by atoms with Crippen molar-refractivity contribution in [2.45, 2.75) is 6.61 Å². The van der Waals surface area contributed by atoms with E-state index in [2.05, 4.69) is 4.98 Å². The molecule has 0 aliphatic rings. The molecule has 2 aromatic carbocycles. The van der Waals surface area contributed by atoms with Crippen LogP contribution in [0.4, 0.5) is 0 Å². The number of hydrogen-bond acceptors (Lipinski definition) is 3. The number of rotatable bonds is 4. The van der Waals surface area contributed by atoms with Gasteiger partial charge in [-0.25, -0.2) is 4.98 Å². The fourth-order valence-corrected chi connectivity index (χ4v) is 2.19. The molecule has 0 radical (unpaired) electrons. The number of benzene rings is 2. The molecule has 0 saturated heterocycles. The van der Waals surface area contributed by atoms with Gasteiger partial charge in [0.25, 0.3) is 0 Å². The van der Waals surface area contributed by atoms with Crippen molar-refractivity contribution in [3.05, 3.63) is 84.2 Å². The van der Waals surface area contributed by atoms with Gasteiger partial charge in [0.1, 0.15) is 24.1 Å². The largest absolute Gasteiger partial charge is 0.488 e. The Kier molecular flexibility index (Phi) is 4.12. The lowest BCUT2D eigenvalue weighted by Crippen LogP contribution is -1.97. The van der Waals surface area contributed by atoms with Crippen LogP contribution in [0, 0.1) is 11.3 Å². The highest BCUT2D eigenvalue weighted by Gasteiger charge is 2.06. The third-order valence-electron chi connectivity index (χ3n) is 3.31. The number of pyridine rings is 1. The van der Waals surface area contributed by atoms with E-state index >= 15 is 0 Å². The van der Waals surface area contributed by atoms with Gasteiger partial charge in [0, 0.05) is 17.3 Å². The fourth-order valence-electron chi connectivity index (χ4n) is 2.19. The summed E-state index contributed by atoms with van der Waals surface area (Å²) in [5.41, 5.74) is 3.43. The highest BCUT2D eigenvalue weighted by molar-refractivity contribution is 5.69. The van der Waals surface area contributed by atoms with Crippen LogP contribution in [0.15, 0.2) is 72.9 Å². The number of nitrogens with zero attached hydrogens (tertiary/aromatic N) is 2. The Balaban J connectivity index is 1.84. The molecule has 0 saturated carbocycles.